The van der Waals surface area contributed by atoms with Gasteiger partial charge in [0.15, 0.2) is 15.6 Å². The summed E-state index contributed by atoms with van der Waals surface area (Å²) in [6.45, 7) is 9.50. The molecule has 0 aromatic carbocycles. The van der Waals surface area contributed by atoms with Gasteiger partial charge < -0.3 is 9.09 Å². The van der Waals surface area contributed by atoms with Gasteiger partial charge in [-0.1, -0.05) is 5.16 Å². The number of carbonyl (C=O) groups is 1. The Morgan fingerprint density at radius 1 is 1.26 bits per heavy atom. The highest BCUT2D eigenvalue weighted by atomic mass is 32.2. The molecule has 0 aliphatic carbocycles. The van der Waals surface area contributed by atoms with Crippen molar-refractivity contribution in [2.24, 2.45) is 0 Å². The average Bonchev–Trinajstić information content (AvgIpc) is 2.91. The fourth-order valence-electron chi connectivity index (χ4n) is 2.89. The smallest absolute Gasteiger partial charge is 0.179 e. The molecule has 6 nitrogen and oxygen atoms in total. The lowest BCUT2D eigenvalue weighted by molar-refractivity contribution is 0.102. The van der Waals surface area contributed by atoms with Gasteiger partial charge in [-0.2, -0.15) is 0 Å². The number of ketones is 1. The average molecular weight is 338 g/mol. The molecule has 0 aliphatic heterocycles. The summed E-state index contributed by atoms with van der Waals surface area (Å²) >= 11 is 0. The summed E-state index contributed by atoms with van der Waals surface area (Å²) in [6, 6.07) is 3.53. The van der Waals surface area contributed by atoms with Crippen LogP contribution in [0.2, 0.25) is 0 Å². The Balaban J connectivity index is 2.20. The molecule has 0 radical (unpaired) electrons. The Morgan fingerprint density at radius 2 is 1.91 bits per heavy atom. The van der Waals surface area contributed by atoms with Crippen LogP contribution < -0.4 is 0 Å². The van der Waals surface area contributed by atoms with E-state index in [4.69, 9.17) is 4.52 Å². The van der Waals surface area contributed by atoms with Crippen LogP contribution in [0.15, 0.2) is 16.7 Å². The summed E-state index contributed by atoms with van der Waals surface area (Å²) in [5, 5.41) is 3.67. The minimum atomic E-state index is -3.59. The molecule has 7 heteroatoms. The van der Waals surface area contributed by atoms with Crippen molar-refractivity contribution in [2.75, 3.05) is 5.75 Å². The number of carbonyl (C=O) groups excluding carboxylic acids is 1. The Morgan fingerprint density at radius 3 is 2.39 bits per heavy atom. The van der Waals surface area contributed by atoms with Gasteiger partial charge in [-0.25, -0.2) is 8.42 Å². The second kappa shape index (κ2) is 6.31. The molecule has 0 fully saturated rings. The van der Waals surface area contributed by atoms with E-state index < -0.39 is 15.6 Å². The number of aromatic nitrogens is 2. The highest BCUT2D eigenvalue weighted by Crippen LogP contribution is 2.21. The van der Waals surface area contributed by atoms with Crippen LogP contribution in [0.4, 0.5) is 0 Å². The molecule has 0 amide bonds. The Labute approximate surface area is 136 Å². The fourth-order valence-corrected chi connectivity index (χ4v) is 4.14. The molecular formula is C16H22N2O4S. The molecule has 2 heterocycles. The van der Waals surface area contributed by atoms with Crippen LogP contribution in [0.3, 0.4) is 0 Å². The maximum Gasteiger partial charge on any atom is 0.179 e. The highest BCUT2D eigenvalue weighted by Gasteiger charge is 2.24. The van der Waals surface area contributed by atoms with E-state index in [1.54, 1.807) is 19.1 Å². The van der Waals surface area contributed by atoms with E-state index in [1.165, 1.54) is 0 Å². The van der Waals surface area contributed by atoms with Gasteiger partial charge in [-0.3, -0.25) is 4.79 Å². The molecule has 2 aromatic heterocycles. The van der Waals surface area contributed by atoms with Crippen LogP contribution in [0.5, 0.6) is 0 Å². The van der Waals surface area contributed by atoms with Crippen LogP contribution in [-0.2, 0) is 15.6 Å². The number of rotatable bonds is 6. The largest absolute Gasteiger partial charge is 0.361 e. The number of hydrogen-bond donors (Lipinski definition) is 0. The van der Waals surface area contributed by atoms with E-state index >= 15 is 0 Å². The van der Waals surface area contributed by atoms with Crippen molar-refractivity contribution >= 4 is 15.6 Å². The van der Waals surface area contributed by atoms with Crippen molar-refractivity contribution < 1.29 is 17.7 Å². The molecule has 0 bridgehead atoms. The van der Waals surface area contributed by atoms with E-state index in [0.29, 0.717) is 17.0 Å². The van der Waals surface area contributed by atoms with E-state index in [1.807, 2.05) is 32.3 Å². The number of aryl methyl sites for hydroxylation is 2. The first-order valence-corrected chi connectivity index (χ1v) is 9.27. The summed E-state index contributed by atoms with van der Waals surface area (Å²) in [4.78, 5) is 12.4. The zero-order chi connectivity index (χ0) is 17.4. The summed E-state index contributed by atoms with van der Waals surface area (Å²) in [6.07, 6.45) is 0. The van der Waals surface area contributed by atoms with Gasteiger partial charge in [0.1, 0.15) is 11.5 Å². The highest BCUT2D eigenvalue weighted by molar-refractivity contribution is 7.91. The summed E-state index contributed by atoms with van der Waals surface area (Å²) in [5.74, 6) is -0.660. The topological polar surface area (TPSA) is 82.2 Å². The normalized spacial score (nSPS) is 12.1. The molecule has 0 saturated heterocycles. The predicted octanol–water partition coefficient (Wildman–Crippen LogP) is 2.78. The lowest BCUT2D eigenvalue weighted by Crippen LogP contribution is -2.19. The summed E-state index contributed by atoms with van der Waals surface area (Å²) in [7, 11) is -3.59. The first-order valence-electron chi connectivity index (χ1n) is 7.45. The van der Waals surface area contributed by atoms with Gasteiger partial charge in [0.25, 0.3) is 0 Å². The molecule has 2 aromatic rings. The van der Waals surface area contributed by atoms with Gasteiger partial charge in [0.05, 0.1) is 11.4 Å². The Kier molecular flexibility index (Phi) is 4.79. The standard InChI is InChI=1S/C16H22N2O4S/c1-10(2)18-11(3)6-15(13(18)5)16(19)9-23(20,21)8-14-7-12(4)22-17-14/h6-7,10H,8-9H2,1-5H3. The summed E-state index contributed by atoms with van der Waals surface area (Å²) < 4.78 is 31.3. The Hall–Kier alpha value is -1.89. The molecule has 126 valence electrons. The number of Topliss-reactive ketones (excluding diaryl/α,β-unsaturated/α-hetero) is 1. The predicted molar refractivity (Wildman–Crippen MR) is 87.4 cm³/mol. The fraction of sp³-hybridized carbons (Fsp3) is 0.500. The second-order valence-corrected chi connectivity index (χ2v) is 8.20. The second-order valence-electron chi connectivity index (χ2n) is 6.13. The Bertz CT molecular complexity index is 828. The van der Waals surface area contributed by atoms with Crippen LogP contribution >= 0.6 is 0 Å². The number of hydrogen-bond acceptors (Lipinski definition) is 5. The van der Waals surface area contributed by atoms with Crippen molar-refractivity contribution in [3.05, 3.63) is 40.5 Å². The lowest BCUT2D eigenvalue weighted by atomic mass is 10.2. The summed E-state index contributed by atoms with van der Waals surface area (Å²) in [5.41, 5.74) is 2.54. The molecule has 0 spiro atoms. The zero-order valence-corrected chi connectivity index (χ0v) is 14.9. The first-order chi connectivity index (χ1) is 10.6. The molecule has 0 atom stereocenters. The van der Waals surface area contributed by atoms with Gasteiger partial charge in [0, 0.05) is 29.1 Å². The van der Waals surface area contributed by atoms with Crippen LogP contribution in [0.25, 0.3) is 0 Å². The van der Waals surface area contributed by atoms with E-state index in [9.17, 15) is 13.2 Å². The van der Waals surface area contributed by atoms with Crippen LogP contribution in [0.1, 0.15) is 53.1 Å². The van der Waals surface area contributed by atoms with Gasteiger partial charge in [-0.05, 0) is 40.7 Å². The zero-order valence-electron chi connectivity index (χ0n) is 14.1. The van der Waals surface area contributed by atoms with Gasteiger partial charge in [-0.15, -0.1) is 0 Å². The minimum Gasteiger partial charge on any atom is -0.361 e. The molecular weight excluding hydrogens is 316 g/mol. The molecule has 0 N–H and O–H groups in total. The quantitative estimate of drug-likeness (QED) is 0.756. The van der Waals surface area contributed by atoms with E-state index in [-0.39, 0.29) is 17.6 Å². The monoisotopic (exact) mass is 338 g/mol. The molecule has 0 unspecified atom stereocenters. The lowest BCUT2D eigenvalue weighted by Gasteiger charge is -2.13. The third-order valence-corrected chi connectivity index (χ3v) is 5.13. The number of sulfone groups is 1. The number of nitrogens with zero attached hydrogens (tertiary/aromatic N) is 2. The molecule has 0 aliphatic rings. The van der Waals surface area contributed by atoms with Gasteiger partial charge in [0.2, 0.25) is 0 Å². The molecule has 2 rings (SSSR count). The van der Waals surface area contributed by atoms with Crippen LogP contribution in [-0.4, -0.2) is 29.7 Å². The third-order valence-electron chi connectivity index (χ3n) is 3.70. The van der Waals surface area contributed by atoms with Gasteiger partial charge >= 0.3 is 0 Å². The van der Waals surface area contributed by atoms with E-state index in [2.05, 4.69) is 5.16 Å². The minimum absolute atomic E-state index is 0.214. The van der Waals surface area contributed by atoms with Crippen molar-refractivity contribution in [3.8, 4) is 0 Å². The van der Waals surface area contributed by atoms with Crippen molar-refractivity contribution in [1.29, 1.82) is 0 Å². The van der Waals surface area contributed by atoms with Crippen LogP contribution in [0, 0.1) is 20.8 Å². The first kappa shape index (κ1) is 17.5. The molecule has 0 saturated carbocycles. The van der Waals surface area contributed by atoms with Crippen molar-refractivity contribution in [3.63, 3.8) is 0 Å². The molecule has 23 heavy (non-hydrogen) atoms. The third kappa shape index (κ3) is 3.90. The maximum atomic E-state index is 12.4. The van der Waals surface area contributed by atoms with E-state index in [0.717, 1.165) is 11.4 Å². The van der Waals surface area contributed by atoms with Crippen molar-refractivity contribution in [2.45, 2.75) is 46.4 Å². The maximum absolute atomic E-state index is 12.4. The SMILES string of the molecule is Cc1cc(CS(=O)(=O)CC(=O)c2cc(C)n(C(C)C)c2C)no1. The van der Waals surface area contributed by atoms with Crippen molar-refractivity contribution in [1.82, 2.24) is 9.72 Å².